The van der Waals surface area contributed by atoms with Gasteiger partial charge in [0, 0.05) is 23.1 Å². The number of anilines is 2. The molecule has 0 bridgehead atoms. The van der Waals surface area contributed by atoms with E-state index >= 15 is 0 Å². The minimum absolute atomic E-state index is 0.0683. The Morgan fingerprint density at radius 1 is 0.829 bits per heavy atom. The number of halogens is 3. The Bertz CT molecular complexity index is 1330. The quantitative estimate of drug-likeness (QED) is 0.380. The number of rotatable bonds is 6. The van der Waals surface area contributed by atoms with Gasteiger partial charge in [-0.15, -0.1) is 0 Å². The average molecular weight is 476 g/mol. The van der Waals surface area contributed by atoms with E-state index in [4.69, 9.17) is 0 Å². The van der Waals surface area contributed by atoms with Gasteiger partial charge in [0.05, 0.1) is 17.7 Å². The highest BCUT2D eigenvalue weighted by Gasteiger charge is 2.32. The Hall–Kier alpha value is -4.53. The van der Waals surface area contributed by atoms with Gasteiger partial charge in [0.2, 0.25) is 5.91 Å². The molecular formula is C26H19F3N4O2. The second kappa shape index (κ2) is 10.2. The lowest BCUT2D eigenvalue weighted by atomic mass is 9.96. The molecule has 0 aliphatic carbocycles. The van der Waals surface area contributed by atoms with Crippen LogP contribution in [0.15, 0.2) is 91.4 Å². The van der Waals surface area contributed by atoms with E-state index in [-0.39, 0.29) is 17.9 Å². The molecule has 1 heterocycles. The van der Waals surface area contributed by atoms with Crippen molar-refractivity contribution in [1.82, 2.24) is 9.97 Å². The van der Waals surface area contributed by atoms with Gasteiger partial charge in [0.15, 0.2) is 0 Å². The van der Waals surface area contributed by atoms with Gasteiger partial charge in [-0.1, -0.05) is 36.4 Å². The zero-order chi connectivity index (χ0) is 24.8. The SMILES string of the molecule is O=C(Cc1ccncn1)Nc1ccc(NC(=O)c2cc(C(F)(F)F)ccc2-c2ccccc2)cc1. The highest BCUT2D eigenvalue weighted by atomic mass is 19.4. The molecular weight excluding hydrogens is 457 g/mol. The third kappa shape index (κ3) is 6.08. The zero-order valence-corrected chi connectivity index (χ0v) is 18.2. The topological polar surface area (TPSA) is 84.0 Å². The Morgan fingerprint density at radius 2 is 1.51 bits per heavy atom. The van der Waals surface area contributed by atoms with Crippen molar-refractivity contribution in [2.75, 3.05) is 10.6 Å². The van der Waals surface area contributed by atoms with E-state index in [2.05, 4.69) is 20.6 Å². The average Bonchev–Trinajstić information content (AvgIpc) is 2.85. The summed E-state index contributed by atoms with van der Waals surface area (Å²) in [6.07, 6.45) is -1.62. The van der Waals surface area contributed by atoms with Gasteiger partial charge in [0.25, 0.3) is 5.91 Å². The standard InChI is InChI=1S/C26H19F3N4O2/c27-26(28,29)18-6-11-22(17-4-2-1-3-5-17)23(14-18)25(35)33-20-9-7-19(8-10-20)32-24(34)15-21-12-13-30-16-31-21/h1-14,16H,15H2,(H,32,34)(H,33,35). The Balaban J connectivity index is 1.50. The van der Waals surface area contributed by atoms with Gasteiger partial charge in [-0.2, -0.15) is 13.2 Å². The monoisotopic (exact) mass is 476 g/mol. The first-order valence-corrected chi connectivity index (χ1v) is 10.5. The lowest BCUT2D eigenvalue weighted by Gasteiger charge is -2.14. The van der Waals surface area contributed by atoms with Crippen LogP contribution in [-0.4, -0.2) is 21.8 Å². The molecule has 2 amide bonds. The molecule has 3 aromatic carbocycles. The molecule has 4 rings (SSSR count). The highest BCUT2D eigenvalue weighted by molar-refractivity contribution is 6.09. The molecule has 9 heteroatoms. The molecule has 0 radical (unpaired) electrons. The molecule has 0 spiro atoms. The first-order chi connectivity index (χ1) is 16.8. The molecule has 0 atom stereocenters. The predicted octanol–water partition coefficient (Wildman–Crippen LogP) is 5.60. The minimum atomic E-state index is -4.59. The van der Waals surface area contributed by atoms with Crippen molar-refractivity contribution in [3.8, 4) is 11.1 Å². The lowest BCUT2D eigenvalue weighted by molar-refractivity contribution is -0.137. The molecule has 1 aromatic heterocycles. The number of nitrogens with one attached hydrogen (secondary N) is 2. The van der Waals surface area contributed by atoms with Crippen LogP contribution in [-0.2, 0) is 17.4 Å². The van der Waals surface area contributed by atoms with Gasteiger partial charge >= 0.3 is 6.18 Å². The fourth-order valence-corrected chi connectivity index (χ4v) is 3.41. The van der Waals surface area contributed by atoms with Crippen molar-refractivity contribution in [3.63, 3.8) is 0 Å². The van der Waals surface area contributed by atoms with Crippen LogP contribution in [0.5, 0.6) is 0 Å². The summed E-state index contributed by atoms with van der Waals surface area (Å²) in [5.74, 6) is -0.965. The molecule has 176 valence electrons. The Labute approximate surface area is 198 Å². The van der Waals surface area contributed by atoms with E-state index in [1.165, 1.54) is 12.4 Å². The van der Waals surface area contributed by atoms with Gasteiger partial charge in [-0.3, -0.25) is 9.59 Å². The molecule has 0 fully saturated rings. The number of carbonyl (C=O) groups excluding carboxylic acids is 2. The number of hydrogen-bond donors (Lipinski definition) is 2. The maximum absolute atomic E-state index is 13.3. The van der Waals surface area contributed by atoms with E-state index in [0.29, 0.717) is 28.2 Å². The van der Waals surface area contributed by atoms with Gasteiger partial charge < -0.3 is 10.6 Å². The summed E-state index contributed by atoms with van der Waals surface area (Å²) in [4.78, 5) is 33.0. The van der Waals surface area contributed by atoms with Crippen LogP contribution in [0.4, 0.5) is 24.5 Å². The summed E-state index contributed by atoms with van der Waals surface area (Å²) in [7, 11) is 0. The summed E-state index contributed by atoms with van der Waals surface area (Å²) in [5, 5.41) is 5.35. The number of aromatic nitrogens is 2. The largest absolute Gasteiger partial charge is 0.416 e. The third-order valence-electron chi connectivity index (χ3n) is 5.09. The van der Waals surface area contributed by atoms with E-state index in [0.717, 1.165) is 12.1 Å². The second-order valence-electron chi connectivity index (χ2n) is 7.58. The first-order valence-electron chi connectivity index (χ1n) is 10.5. The number of benzene rings is 3. The summed E-state index contributed by atoms with van der Waals surface area (Å²) in [6, 6.07) is 19.7. The smallest absolute Gasteiger partial charge is 0.326 e. The maximum atomic E-state index is 13.3. The van der Waals surface area contributed by atoms with Crippen molar-refractivity contribution in [2.45, 2.75) is 12.6 Å². The lowest BCUT2D eigenvalue weighted by Crippen LogP contribution is -2.16. The van der Waals surface area contributed by atoms with Crippen LogP contribution >= 0.6 is 0 Å². The molecule has 0 aliphatic rings. The van der Waals surface area contributed by atoms with Crippen LogP contribution < -0.4 is 10.6 Å². The molecule has 6 nitrogen and oxygen atoms in total. The Kier molecular flexibility index (Phi) is 6.86. The fourth-order valence-electron chi connectivity index (χ4n) is 3.41. The molecule has 0 unspecified atom stereocenters. The van der Waals surface area contributed by atoms with Crippen LogP contribution in [0, 0.1) is 0 Å². The van der Waals surface area contributed by atoms with Crippen LogP contribution in [0.3, 0.4) is 0 Å². The normalized spacial score (nSPS) is 11.1. The summed E-state index contributed by atoms with van der Waals surface area (Å²) in [5.41, 5.74) is 1.40. The number of hydrogen-bond acceptors (Lipinski definition) is 4. The predicted molar refractivity (Wildman–Crippen MR) is 126 cm³/mol. The number of nitrogens with zero attached hydrogens (tertiary/aromatic N) is 2. The van der Waals surface area contributed by atoms with Crippen LogP contribution in [0.2, 0.25) is 0 Å². The molecule has 4 aromatic rings. The second-order valence-corrected chi connectivity index (χ2v) is 7.58. The number of amides is 2. The zero-order valence-electron chi connectivity index (χ0n) is 18.2. The minimum Gasteiger partial charge on any atom is -0.326 e. The summed E-state index contributed by atoms with van der Waals surface area (Å²) >= 11 is 0. The molecule has 0 aliphatic heterocycles. The Morgan fingerprint density at radius 3 is 2.14 bits per heavy atom. The molecule has 2 N–H and O–H groups in total. The van der Waals surface area contributed by atoms with E-state index < -0.39 is 17.6 Å². The first kappa shape index (κ1) is 23.6. The molecule has 0 saturated heterocycles. The molecule has 35 heavy (non-hydrogen) atoms. The van der Waals surface area contributed by atoms with Crippen molar-refractivity contribution in [3.05, 3.63) is 108 Å². The fraction of sp³-hybridized carbons (Fsp3) is 0.0769. The maximum Gasteiger partial charge on any atom is 0.416 e. The van der Waals surface area contributed by atoms with E-state index in [1.807, 2.05) is 0 Å². The van der Waals surface area contributed by atoms with E-state index in [1.54, 1.807) is 66.9 Å². The number of alkyl halides is 3. The third-order valence-corrected chi connectivity index (χ3v) is 5.09. The van der Waals surface area contributed by atoms with Gasteiger partial charge in [-0.25, -0.2) is 9.97 Å². The van der Waals surface area contributed by atoms with Gasteiger partial charge in [-0.05, 0) is 53.6 Å². The summed E-state index contributed by atoms with van der Waals surface area (Å²) in [6.45, 7) is 0. The highest BCUT2D eigenvalue weighted by Crippen LogP contribution is 2.34. The molecule has 0 saturated carbocycles. The number of carbonyl (C=O) groups is 2. The van der Waals surface area contributed by atoms with Crippen molar-refractivity contribution in [2.24, 2.45) is 0 Å². The summed E-state index contributed by atoms with van der Waals surface area (Å²) < 4.78 is 39.9. The van der Waals surface area contributed by atoms with Crippen molar-refractivity contribution in [1.29, 1.82) is 0 Å². The van der Waals surface area contributed by atoms with Crippen molar-refractivity contribution >= 4 is 23.2 Å². The van der Waals surface area contributed by atoms with Crippen LogP contribution in [0.25, 0.3) is 11.1 Å². The van der Waals surface area contributed by atoms with Crippen molar-refractivity contribution < 1.29 is 22.8 Å². The van der Waals surface area contributed by atoms with Gasteiger partial charge in [0.1, 0.15) is 6.33 Å². The van der Waals surface area contributed by atoms with Crippen LogP contribution in [0.1, 0.15) is 21.6 Å². The van der Waals surface area contributed by atoms with E-state index in [9.17, 15) is 22.8 Å².